The molecule has 0 heterocycles. The number of aromatic hydroxyl groups is 1. The summed E-state index contributed by atoms with van der Waals surface area (Å²) in [7, 11) is 0. The zero-order valence-corrected chi connectivity index (χ0v) is 9.71. The van der Waals surface area contributed by atoms with Crippen molar-refractivity contribution >= 4 is 17.5 Å². The summed E-state index contributed by atoms with van der Waals surface area (Å²) in [6.07, 6.45) is 3.02. The summed E-state index contributed by atoms with van der Waals surface area (Å²) in [6.45, 7) is 0. The van der Waals surface area contributed by atoms with Crippen molar-refractivity contribution < 1.29 is 9.90 Å². The van der Waals surface area contributed by atoms with Gasteiger partial charge in [0.25, 0.3) is 0 Å². The van der Waals surface area contributed by atoms with Crippen LogP contribution in [0.25, 0.3) is 6.08 Å². The van der Waals surface area contributed by atoms with Gasteiger partial charge >= 0.3 is 0 Å². The van der Waals surface area contributed by atoms with E-state index in [4.69, 9.17) is 5.73 Å². The number of hydrogen-bond donors (Lipinski definition) is 2. The third kappa shape index (κ3) is 2.77. The number of carbonyl (C=O) groups excluding carboxylic acids is 1. The molecule has 0 aromatic heterocycles. The number of anilines is 1. The molecule has 3 N–H and O–H groups in total. The maximum absolute atomic E-state index is 11.8. The number of para-hydroxylation sites is 1. The van der Waals surface area contributed by atoms with Gasteiger partial charge in [0.2, 0.25) is 0 Å². The van der Waals surface area contributed by atoms with E-state index in [2.05, 4.69) is 0 Å². The Kier molecular flexibility index (Phi) is 3.44. The standard InChI is InChI=1S/C15H13NO2/c16-13-8-5-12(6-9-13)15(18)10-7-11-3-1-2-4-14(11)17/h1-10,17H,16H2/b10-7+. The van der Waals surface area contributed by atoms with Gasteiger partial charge in [0.1, 0.15) is 5.75 Å². The normalized spacial score (nSPS) is 10.7. The molecule has 0 aliphatic rings. The number of nitrogens with two attached hydrogens (primary N) is 1. The van der Waals surface area contributed by atoms with Gasteiger partial charge in [-0.3, -0.25) is 4.79 Å². The number of carbonyl (C=O) groups is 1. The van der Waals surface area contributed by atoms with Gasteiger partial charge in [-0.25, -0.2) is 0 Å². The Labute approximate surface area is 105 Å². The molecule has 2 aromatic rings. The van der Waals surface area contributed by atoms with Crippen LogP contribution in [0.5, 0.6) is 5.75 Å². The molecule has 18 heavy (non-hydrogen) atoms. The maximum Gasteiger partial charge on any atom is 0.185 e. The van der Waals surface area contributed by atoms with E-state index in [9.17, 15) is 9.90 Å². The second-order valence-electron chi connectivity index (χ2n) is 3.88. The van der Waals surface area contributed by atoms with E-state index in [-0.39, 0.29) is 11.5 Å². The number of benzene rings is 2. The lowest BCUT2D eigenvalue weighted by molar-refractivity contribution is 0.104. The highest BCUT2D eigenvalue weighted by molar-refractivity contribution is 6.07. The van der Waals surface area contributed by atoms with E-state index in [0.717, 1.165) is 0 Å². The summed E-state index contributed by atoms with van der Waals surface area (Å²) >= 11 is 0. The van der Waals surface area contributed by atoms with Gasteiger partial charge in [-0.15, -0.1) is 0 Å². The zero-order valence-electron chi connectivity index (χ0n) is 9.71. The fourth-order valence-corrected chi connectivity index (χ4v) is 1.54. The van der Waals surface area contributed by atoms with Gasteiger partial charge in [0, 0.05) is 16.8 Å². The molecule has 2 rings (SSSR count). The van der Waals surface area contributed by atoms with Crippen molar-refractivity contribution in [2.24, 2.45) is 0 Å². The molecule has 0 amide bonds. The molecular weight excluding hydrogens is 226 g/mol. The fourth-order valence-electron chi connectivity index (χ4n) is 1.54. The Morgan fingerprint density at radius 2 is 1.72 bits per heavy atom. The van der Waals surface area contributed by atoms with Crippen LogP contribution in [0.2, 0.25) is 0 Å². The van der Waals surface area contributed by atoms with Crippen LogP contribution >= 0.6 is 0 Å². The highest BCUT2D eigenvalue weighted by Gasteiger charge is 2.01. The predicted octanol–water partition coefficient (Wildman–Crippen LogP) is 2.87. The van der Waals surface area contributed by atoms with Crippen molar-refractivity contribution in [1.29, 1.82) is 0 Å². The van der Waals surface area contributed by atoms with Crippen molar-refractivity contribution in [2.45, 2.75) is 0 Å². The quantitative estimate of drug-likeness (QED) is 0.492. The lowest BCUT2D eigenvalue weighted by atomic mass is 10.1. The fraction of sp³-hybridized carbons (Fsp3) is 0. The molecule has 0 spiro atoms. The van der Waals surface area contributed by atoms with E-state index in [1.165, 1.54) is 6.08 Å². The molecule has 0 atom stereocenters. The number of allylic oxidation sites excluding steroid dienone is 1. The zero-order chi connectivity index (χ0) is 13.0. The Morgan fingerprint density at radius 1 is 1.06 bits per heavy atom. The van der Waals surface area contributed by atoms with Gasteiger partial charge in [0.05, 0.1) is 0 Å². The van der Waals surface area contributed by atoms with Crippen LogP contribution in [0.1, 0.15) is 15.9 Å². The molecule has 0 bridgehead atoms. The third-order valence-electron chi connectivity index (χ3n) is 2.55. The predicted molar refractivity (Wildman–Crippen MR) is 72.3 cm³/mol. The molecule has 90 valence electrons. The molecular formula is C15H13NO2. The lowest BCUT2D eigenvalue weighted by Gasteiger charge is -1.98. The highest BCUT2D eigenvalue weighted by atomic mass is 16.3. The number of phenolic OH excluding ortho intramolecular Hbond substituents is 1. The van der Waals surface area contributed by atoms with Crippen LogP contribution < -0.4 is 5.73 Å². The van der Waals surface area contributed by atoms with Gasteiger partial charge in [-0.1, -0.05) is 18.2 Å². The average Bonchev–Trinajstić information content (AvgIpc) is 2.38. The molecule has 2 aromatic carbocycles. The van der Waals surface area contributed by atoms with Crippen LogP contribution in [0.15, 0.2) is 54.6 Å². The Bertz CT molecular complexity index is 586. The number of nitrogen functional groups attached to an aromatic ring is 1. The van der Waals surface area contributed by atoms with Crippen molar-refractivity contribution in [3.63, 3.8) is 0 Å². The smallest absolute Gasteiger partial charge is 0.185 e. The SMILES string of the molecule is Nc1ccc(C(=O)/C=C/c2ccccc2O)cc1. The first-order valence-electron chi connectivity index (χ1n) is 5.53. The molecule has 0 saturated carbocycles. The van der Waals surface area contributed by atoms with Crippen LogP contribution in [-0.4, -0.2) is 10.9 Å². The minimum absolute atomic E-state index is 0.127. The van der Waals surface area contributed by atoms with Crippen molar-refractivity contribution in [3.8, 4) is 5.75 Å². The molecule has 3 nitrogen and oxygen atoms in total. The number of ketones is 1. The average molecular weight is 239 g/mol. The van der Waals surface area contributed by atoms with Gasteiger partial charge in [-0.2, -0.15) is 0 Å². The first kappa shape index (κ1) is 11.9. The lowest BCUT2D eigenvalue weighted by Crippen LogP contribution is -1.94. The number of hydrogen-bond acceptors (Lipinski definition) is 3. The summed E-state index contributed by atoms with van der Waals surface area (Å²) in [4.78, 5) is 11.8. The van der Waals surface area contributed by atoms with E-state index in [1.54, 1.807) is 54.6 Å². The van der Waals surface area contributed by atoms with Crippen molar-refractivity contribution in [3.05, 3.63) is 65.7 Å². The Morgan fingerprint density at radius 3 is 2.39 bits per heavy atom. The number of rotatable bonds is 3. The third-order valence-corrected chi connectivity index (χ3v) is 2.55. The van der Waals surface area contributed by atoms with Crippen molar-refractivity contribution in [1.82, 2.24) is 0 Å². The first-order chi connectivity index (χ1) is 8.66. The van der Waals surface area contributed by atoms with E-state index in [1.807, 2.05) is 0 Å². The number of phenols is 1. The summed E-state index contributed by atoms with van der Waals surface area (Å²) < 4.78 is 0. The maximum atomic E-state index is 11.8. The first-order valence-corrected chi connectivity index (χ1v) is 5.53. The monoisotopic (exact) mass is 239 g/mol. The minimum Gasteiger partial charge on any atom is -0.507 e. The molecule has 0 fully saturated rings. The van der Waals surface area contributed by atoms with Crippen molar-refractivity contribution in [2.75, 3.05) is 5.73 Å². The summed E-state index contributed by atoms with van der Waals surface area (Å²) in [5.74, 6) is 0.0251. The Balaban J connectivity index is 2.17. The molecule has 0 saturated heterocycles. The largest absolute Gasteiger partial charge is 0.507 e. The van der Waals surface area contributed by atoms with Crippen LogP contribution in [0.4, 0.5) is 5.69 Å². The molecule has 0 aliphatic heterocycles. The van der Waals surface area contributed by atoms with E-state index >= 15 is 0 Å². The van der Waals surface area contributed by atoms with Crippen LogP contribution in [-0.2, 0) is 0 Å². The topological polar surface area (TPSA) is 63.3 Å². The van der Waals surface area contributed by atoms with Crippen LogP contribution in [0.3, 0.4) is 0 Å². The Hall–Kier alpha value is -2.55. The minimum atomic E-state index is -0.127. The van der Waals surface area contributed by atoms with E-state index < -0.39 is 0 Å². The van der Waals surface area contributed by atoms with Gasteiger partial charge in [0.15, 0.2) is 5.78 Å². The summed E-state index contributed by atoms with van der Waals surface area (Å²) in [5, 5.41) is 9.55. The van der Waals surface area contributed by atoms with Crippen LogP contribution in [0, 0.1) is 0 Å². The molecule has 3 heteroatoms. The second-order valence-corrected chi connectivity index (χ2v) is 3.88. The molecule has 0 radical (unpaired) electrons. The van der Waals surface area contributed by atoms with Gasteiger partial charge in [-0.05, 0) is 42.5 Å². The summed E-state index contributed by atoms with van der Waals surface area (Å²) in [5.41, 5.74) is 7.35. The second kappa shape index (κ2) is 5.19. The van der Waals surface area contributed by atoms with E-state index in [0.29, 0.717) is 16.8 Å². The highest BCUT2D eigenvalue weighted by Crippen LogP contribution is 2.17. The molecule has 0 unspecified atom stereocenters. The summed E-state index contributed by atoms with van der Waals surface area (Å²) in [6, 6.07) is 13.6. The molecule has 0 aliphatic carbocycles. The van der Waals surface area contributed by atoms with Gasteiger partial charge < -0.3 is 10.8 Å².